The molecule has 1 aromatic heterocycles. The molecule has 2 saturated heterocycles. The lowest BCUT2D eigenvalue weighted by Crippen LogP contribution is -2.44. The van der Waals surface area contributed by atoms with Crippen molar-refractivity contribution in [1.82, 2.24) is 14.8 Å². The van der Waals surface area contributed by atoms with Crippen LogP contribution in [0.4, 0.5) is 0 Å². The molecule has 0 N–H and O–H groups in total. The molecule has 2 fully saturated rings. The highest BCUT2D eigenvalue weighted by Crippen LogP contribution is 2.27. The maximum atomic E-state index is 12.6. The summed E-state index contributed by atoms with van der Waals surface area (Å²) in [4.78, 5) is 21.4. The monoisotopic (exact) mass is 387 g/mol. The molecule has 0 spiro atoms. The zero-order chi connectivity index (χ0) is 18.6. The number of carbonyl (C=O) groups is 1. The largest absolute Gasteiger partial charge is 0.445 e. The molecule has 144 valence electrons. The number of rotatable bonds is 5. The molecule has 1 atom stereocenters. The third kappa shape index (κ3) is 4.71. The Labute approximate surface area is 165 Å². The average Bonchev–Trinajstić information content (AvgIpc) is 3.34. The molecule has 5 nitrogen and oxygen atoms in total. The Morgan fingerprint density at radius 1 is 1.22 bits per heavy atom. The lowest BCUT2D eigenvalue weighted by Gasteiger charge is -2.32. The van der Waals surface area contributed by atoms with Gasteiger partial charge in [-0.2, -0.15) is 0 Å². The van der Waals surface area contributed by atoms with Gasteiger partial charge in [0.15, 0.2) is 5.89 Å². The van der Waals surface area contributed by atoms with Crippen LogP contribution in [-0.4, -0.2) is 53.4 Å². The SMILES string of the molecule is O=C(CN1CCCC1)N1CCCC(c2ncc(Cc3cccc(Cl)c3)o2)C1. The summed E-state index contributed by atoms with van der Waals surface area (Å²) in [5.41, 5.74) is 1.11. The number of hydrogen-bond acceptors (Lipinski definition) is 4. The van der Waals surface area contributed by atoms with Crippen LogP contribution in [0.5, 0.6) is 0 Å². The van der Waals surface area contributed by atoms with Crippen molar-refractivity contribution in [2.24, 2.45) is 0 Å². The van der Waals surface area contributed by atoms with Gasteiger partial charge in [-0.25, -0.2) is 4.98 Å². The van der Waals surface area contributed by atoms with Crippen LogP contribution < -0.4 is 0 Å². The van der Waals surface area contributed by atoms with E-state index < -0.39 is 0 Å². The highest BCUT2D eigenvalue weighted by Gasteiger charge is 2.29. The summed E-state index contributed by atoms with van der Waals surface area (Å²) in [7, 11) is 0. The number of amides is 1. The number of hydrogen-bond donors (Lipinski definition) is 0. The first-order valence-electron chi connectivity index (χ1n) is 9.86. The van der Waals surface area contributed by atoms with Crippen LogP contribution in [0.2, 0.25) is 5.02 Å². The predicted molar refractivity (Wildman–Crippen MR) is 105 cm³/mol. The molecule has 0 aliphatic carbocycles. The van der Waals surface area contributed by atoms with Crippen molar-refractivity contribution in [2.75, 3.05) is 32.7 Å². The van der Waals surface area contributed by atoms with E-state index in [9.17, 15) is 4.79 Å². The topological polar surface area (TPSA) is 49.6 Å². The molecule has 1 aromatic carbocycles. The summed E-state index contributed by atoms with van der Waals surface area (Å²) in [6, 6.07) is 7.79. The standard InChI is InChI=1S/C21H26ClN3O2/c22-18-7-3-5-16(11-18)12-19-13-23-21(27-19)17-6-4-10-25(14-17)20(26)15-24-8-1-2-9-24/h3,5,7,11,13,17H,1-2,4,6,8-10,12,14-15H2. The Kier molecular flexibility index (Phi) is 5.79. The van der Waals surface area contributed by atoms with Crippen molar-refractivity contribution in [3.8, 4) is 0 Å². The molecule has 2 aromatic rings. The molecule has 1 amide bonds. The zero-order valence-electron chi connectivity index (χ0n) is 15.6. The van der Waals surface area contributed by atoms with Crippen molar-refractivity contribution in [3.63, 3.8) is 0 Å². The Balaban J connectivity index is 1.36. The van der Waals surface area contributed by atoms with E-state index in [1.165, 1.54) is 12.8 Å². The Morgan fingerprint density at radius 3 is 2.89 bits per heavy atom. The summed E-state index contributed by atoms with van der Waals surface area (Å²) >= 11 is 6.06. The van der Waals surface area contributed by atoms with Gasteiger partial charge in [0, 0.05) is 24.5 Å². The highest BCUT2D eigenvalue weighted by molar-refractivity contribution is 6.30. The van der Waals surface area contributed by atoms with Crippen LogP contribution in [0.1, 0.15) is 48.8 Å². The van der Waals surface area contributed by atoms with Crippen LogP contribution in [-0.2, 0) is 11.2 Å². The fourth-order valence-corrected chi connectivity index (χ4v) is 4.29. The Morgan fingerprint density at radius 2 is 2.07 bits per heavy atom. The van der Waals surface area contributed by atoms with E-state index in [4.69, 9.17) is 16.0 Å². The van der Waals surface area contributed by atoms with E-state index in [-0.39, 0.29) is 11.8 Å². The van der Waals surface area contributed by atoms with E-state index >= 15 is 0 Å². The summed E-state index contributed by atoms with van der Waals surface area (Å²) in [6.07, 6.45) is 6.93. The van der Waals surface area contributed by atoms with Gasteiger partial charge in [-0.15, -0.1) is 0 Å². The van der Waals surface area contributed by atoms with Gasteiger partial charge in [0.2, 0.25) is 5.91 Å². The normalized spacial score (nSPS) is 20.9. The minimum Gasteiger partial charge on any atom is -0.445 e. The van der Waals surface area contributed by atoms with Gasteiger partial charge in [-0.3, -0.25) is 9.69 Å². The van der Waals surface area contributed by atoms with Gasteiger partial charge in [0.25, 0.3) is 0 Å². The van der Waals surface area contributed by atoms with E-state index in [0.717, 1.165) is 54.7 Å². The molecular formula is C21H26ClN3O2. The molecule has 2 aliphatic heterocycles. The Bertz CT molecular complexity index is 785. The van der Waals surface area contributed by atoms with Crippen LogP contribution in [0.25, 0.3) is 0 Å². The number of nitrogens with zero attached hydrogens (tertiary/aromatic N) is 3. The zero-order valence-corrected chi connectivity index (χ0v) is 16.3. The first kappa shape index (κ1) is 18.5. The third-order valence-corrected chi connectivity index (χ3v) is 5.75. The van der Waals surface area contributed by atoms with Gasteiger partial charge in [0.05, 0.1) is 18.7 Å². The number of carbonyl (C=O) groups excluding carboxylic acids is 1. The maximum absolute atomic E-state index is 12.6. The van der Waals surface area contributed by atoms with Crippen LogP contribution >= 0.6 is 11.6 Å². The van der Waals surface area contributed by atoms with Gasteiger partial charge in [-0.05, 0) is 56.5 Å². The first-order chi connectivity index (χ1) is 13.2. The third-order valence-electron chi connectivity index (χ3n) is 5.52. The molecule has 2 aliphatic rings. The molecule has 0 bridgehead atoms. The van der Waals surface area contributed by atoms with Crippen molar-refractivity contribution < 1.29 is 9.21 Å². The van der Waals surface area contributed by atoms with E-state index in [0.29, 0.717) is 19.5 Å². The summed E-state index contributed by atoms with van der Waals surface area (Å²) in [5.74, 6) is 2.03. The van der Waals surface area contributed by atoms with Gasteiger partial charge in [0.1, 0.15) is 5.76 Å². The summed E-state index contributed by atoms with van der Waals surface area (Å²) in [5, 5.41) is 0.728. The van der Waals surface area contributed by atoms with E-state index in [2.05, 4.69) is 9.88 Å². The lowest BCUT2D eigenvalue weighted by atomic mass is 9.98. The molecule has 0 radical (unpaired) electrons. The average molecular weight is 388 g/mol. The number of piperidine rings is 1. The molecule has 3 heterocycles. The molecule has 0 saturated carbocycles. The fraction of sp³-hybridized carbons (Fsp3) is 0.524. The minimum atomic E-state index is 0.189. The number of oxazole rings is 1. The highest BCUT2D eigenvalue weighted by atomic mass is 35.5. The van der Waals surface area contributed by atoms with E-state index in [1.54, 1.807) is 6.20 Å². The number of benzene rings is 1. The second-order valence-corrected chi connectivity index (χ2v) is 8.07. The van der Waals surface area contributed by atoms with Crippen LogP contribution in [0.15, 0.2) is 34.9 Å². The molecule has 1 unspecified atom stereocenters. The summed E-state index contributed by atoms with van der Waals surface area (Å²) in [6.45, 7) is 4.21. The maximum Gasteiger partial charge on any atom is 0.236 e. The van der Waals surface area contributed by atoms with Gasteiger partial charge in [-0.1, -0.05) is 23.7 Å². The predicted octanol–water partition coefficient (Wildman–Crippen LogP) is 3.72. The van der Waals surface area contributed by atoms with Gasteiger partial charge >= 0.3 is 0 Å². The second kappa shape index (κ2) is 8.44. The summed E-state index contributed by atoms with van der Waals surface area (Å²) < 4.78 is 6.03. The van der Waals surface area contributed by atoms with Crippen LogP contribution in [0.3, 0.4) is 0 Å². The van der Waals surface area contributed by atoms with Crippen molar-refractivity contribution >= 4 is 17.5 Å². The minimum absolute atomic E-state index is 0.189. The van der Waals surface area contributed by atoms with Gasteiger partial charge < -0.3 is 9.32 Å². The van der Waals surface area contributed by atoms with Crippen molar-refractivity contribution in [1.29, 1.82) is 0 Å². The van der Waals surface area contributed by atoms with Crippen molar-refractivity contribution in [2.45, 2.75) is 38.0 Å². The number of aromatic nitrogens is 1. The number of halogens is 1. The molecule has 27 heavy (non-hydrogen) atoms. The smallest absolute Gasteiger partial charge is 0.236 e. The lowest BCUT2D eigenvalue weighted by molar-refractivity contribution is -0.133. The Hall–Kier alpha value is -1.85. The molecule has 4 rings (SSSR count). The fourth-order valence-electron chi connectivity index (χ4n) is 4.08. The first-order valence-corrected chi connectivity index (χ1v) is 10.2. The quantitative estimate of drug-likeness (QED) is 0.784. The van der Waals surface area contributed by atoms with E-state index in [1.807, 2.05) is 29.2 Å². The van der Waals surface area contributed by atoms with Crippen molar-refractivity contribution in [3.05, 3.63) is 52.7 Å². The molecular weight excluding hydrogens is 362 g/mol. The molecule has 6 heteroatoms. The van der Waals surface area contributed by atoms with Crippen LogP contribution in [0, 0.1) is 0 Å². The second-order valence-electron chi connectivity index (χ2n) is 7.63. The number of likely N-dealkylation sites (tertiary alicyclic amines) is 2.